The van der Waals surface area contributed by atoms with Gasteiger partial charge in [0.15, 0.2) is 11.6 Å². The van der Waals surface area contributed by atoms with Crippen molar-refractivity contribution in [3.63, 3.8) is 0 Å². The van der Waals surface area contributed by atoms with E-state index in [-0.39, 0.29) is 12.1 Å². The molecule has 3 aromatic rings. The first-order chi connectivity index (χ1) is 10.6. The second-order valence-electron chi connectivity index (χ2n) is 4.66. The van der Waals surface area contributed by atoms with Gasteiger partial charge in [-0.05, 0) is 30.3 Å². The summed E-state index contributed by atoms with van der Waals surface area (Å²) in [4.78, 5) is 20.5. The number of amides is 1. The fourth-order valence-corrected chi connectivity index (χ4v) is 1.99. The molecule has 3 rings (SSSR count). The van der Waals surface area contributed by atoms with Gasteiger partial charge in [0.1, 0.15) is 0 Å². The number of benzene rings is 2. The summed E-state index contributed by atoms with van der Waals surface area (Å²) in [5.74, 6) is -2.55. The number of carbonyl (C=O) groups excluding carboxylic acids is 1. The number of aromatic nitrogens is 2. The van der Waals surface area contributed by atoms with Gasteiger partial charge in [-0.2, -0.15) is 0 Å². The van der Waals surface area contributed by atoms with Crippen molar-refractivity contribution in [1.82, 2.24) is 15.3 Å². The van der Waals surface area contributed by atoms with Crippen LogP contribution in [0, 0.1) is 11.6 Å². The quantitative estimate of drug-likeness (QED) is 0.809. The van der Waals surface area contributed by atoms with E-state index >= 15 is 0 Å². The fraction of sp³-hybridized carbons (Fsp3) is 0.0625. The number of halogens is 2. The molecule has 0 spiro atoms. The van der Waals surface area contributed by atoms with Crippen molar-refractivity contribution in [2.75, 3.05) is 0 Å². The lowest BCUT2D eigenvalue weighted by Crippen LogP contribution is -2.23. The topological polar surface area (TPSA) is 54.9 Å². The van der Waals surface area contributed by atoms with Crippen LogP contribution >= 0.6 is 0 Å². The third kappa shape index (κ3) is 2.90. The maximum Gasteiger partial charge on any atom is 0.251 e. The first-order valence-electron chi connectivity index (χ1n) is 6.57. The third-order valence-electron chi connectivity index (χ3n) is 3.11. The Balaban J connectivity index is 1.72. The normalized spacial score (nSPS) is 10.6. The van der Waals surface area contributed by atoms with Crippen molar-refractivity contribution in [1.29, 1.82) is 0 Å². The Labute approximate surface area is 124 Å². The van der Waals surface area contributed by atoms with Gasteiger partial charge in [-0.3, -0.25) is 9.78 Å². The van der Waals surface area contributed by atoms with E-state index in [2.05, 4.69) is 15.3 Å². The number of fused-ring (bicyclic) bond motifs is 1. The van der Waals surface area contributed by atoms with Gasteiger partial charge in [0.25, 0.3) is 5.91 Å². The highest BCUT2D eigenvalue weighted by molar-refractivity contribution is 5.94. The number of nitrogens with zero attached hydrogens (tertiary/aromatic N) is 2. The van der Waals surface area contributed by atoms with Gasteiger partial charge >= 0.3 is 0 Å². The molecule has 0 aliphatic rings. The maximum atomic E-state index is 13.1. The molecule has 0 bridgehead atoms. The van der Waals surface area contributed by atoms with Crippen molar-refractivity contribution in [3.05, 3.63) is 71.6 Å². The van der Waals surface area contributed by atoms with Crippen LogP contribution in [0.5, 0.6) is 0 Å². The molecule has 0 radical (unpaired) electrons. The van der Waals surface area contributed by atoms with Crippen LogP contribution < -0.4 is 5.32 Å². The summed E-state index contributed by atoms with van der Waals surface area (Å²) in [5, 5.41) is 2.60. The molecule has 0 aliphatic heterocycles. The Kier molecular flexibility index (Phi) is 3.74. The number of carbonyl (C=O) groups is 1. The number of rotatable bonds is 3. The molecular formula is C16H11F2N3O. The van der Waals surface area contributed by atoms with Crippen molar-refractivity contribution in [2.24, 2.45) is 0 Å². The van der Waals surface area contributed by atoms with Crippen molar-refractivity contribution < 1.29 is 13.6 Å². The van der Waals surface area contributed by atoms with Crippen LogP contribution in [0.2, 0.25) is 0 Å². The zero-order chi connectivity index (χ0) is 15.5. The van der Waals surface area contributed by atoms with Crippen molar-refractivity contribution in [2.45, 2.75) is 6.54 Å². The Morgan fingerprint density at radius 1 is 1.05 bits per heavy atom. The Morgan fingerprint density at radius 3 is 2.59 bits per heavy atom. The summed E-state index contributed by atoms with van der Waals surface area (Å²) in [6, 6.07) is 10.4. The minimum atomic E-state index is -1.06. The number of para-hydroxylation sites is 2. The lowest BCUT2D eigenvalue weighted by molar-refractivity contribution is 0.0950. The first kappa shape index (κ1) is 14.1. The van der Waals surface area contributed by atoms with Gasteiger partial charge in [-0.1, -0.05) is 12.1 Å². The molecular weight excluding hydrogens is 288 g/mol. The predicted octanol–water partition coefficient (Wildman–Crippen LogP) is 2.84. The minimum absolute atomic E-state index is 0.0487. The summed E-state index contributed by atoms with van der Waals surface area (Å²) in [7, 11) is 0. The van der Waals surface area contributed by atoms with Crippen molar-refractivity contribution >= 4 is 16.9 Å². The van der Waals surface area contributed by atoms with Crippen molar-refractivity contribution in [3.8, 4) is 0 Å². The van der Waals surface area contributed by atoms with Crippen LogP contribution in [0.15, 0.2) is 48.7 Å². The second kappa shape index (κ2) is 5.85. The highest BCUT2D eigenvalue weighted by Gasteiger charge is 2.10. The van der Waals surface area contributed by atoms with Crippen LogP contribution in [-0.2, 0) is 6.54 Å². The van der Waals surface area contributed by atoms with Crippen LogP contribution in [0.3, 0.4) is 0 Å². The van der Waals surface area contributed by atoms with E-state index in [0.717, 1.165) is 23.2 Å². The third-order valence-corrected chi connectivity index (χ3v) is 3.11. The van der Waals surface area contributed by atoms with Crippen LogP contribution in [0.25, 0.3) is 11.0 Å². The van der Waals surface area contributed by atoms with Gasteiger partial charge < -0.3 is 5.32 Å². The van der Waals surface area contributed by atoms with Gasteiger partial charge in [0, 0.05) is 5.56 Å². The average molecular weight is 299 g/mol. The van der Waals surface area contributed by atoms with Gasteiger partial charge in [-0.25, -0.2) is 13.8 Å². The Morgan fingerprint density at radius 2 is 1.82 bits per heavy atom. The molecule has 1 N–H and O–H groups in total. The Bertz CT molecular complexity index is 852. The highest BCUT2D eigenvalue weighted by Crippen LogP contribution is 2.10. The minimum Gasteiger partial charge on any atom is -0.346 e. The molecule has 6 heteroatoms. The van der Waals surface area contributed by atoms with E-state index in [1.165, 1.54) is 6.07 Å². The summed E-state index contributed by atoms with van der Waals surface area (Å²) >= 11 is 0. The molecule has 0 saturated carbocycles. The number of nitrogens with one attached hydrogen (secondary N) is 1. The lowest BCUT2D eigenvalue weighted by atomic mass is 10.2. The first-order valence-corrected chi connectivity index (χ1v) is 6.57. The lowest BCUT2D eigenvalue weighted by Gasteiger charge is -2.06. The van der Waals surface area contributed by atoms with E-state index in [9.17, 15) is 13.6 Å². The molecule has 4 nitrogen and oxygen atoms in total. The summed E-state index contributed by atoms with van der Waals surface area (Å²) in [5.41, 5.74) is 2.11. The van der Waals surface area contributed by atoms with E-state index in [1.807, 2.05) is 24.3 Å². The molecule has 2 aromatic carbocycles. The van der Waals surface area contributed by atoms with Gasteiger partial charge in [0.2, 0.25) is 0 Å². The molecule has 0 aliphatic carbocycles. The molecule has 1 aromatic heterocycles. The summed E-state index contributed by atoms with van der Waals surface area (Å²) < 4.78 is 25.9. The number of hydrogen-bond donors (Lipinski definition) is 1. The zero-order valence-electron chi connectivity index (χ0n) is 11.4. The van der Waals surface area contributed by atoms with Crippen LogP contribution in [0.1, 0.15) is 16.1 Å². The monoisotopic (exact) mass is 299 g/mol. The van der Waals surface area contributed by atoms with Gasteiger partial charge in [0.05, 0.1) is 29.5 Å². The molecule has 0 unspecified atom stereocenters. The molecule has 1 amide bonds. The maximum absolute atomic E-state index is 13.1. The molecule has 110 valence electrons. The summed E-state index contributed by atoms with van der Waals surface area (Å²) in [6.45, 7) is 0.148. The van der Waals surface area contributed by atoms with Crippen LogP contribution in [-0.4, -0.2) is 15.9 Å². The van der Waals surface area contributed by atoms with E-state index < -0.39 is 17.5 Å². The average Bonchev–Trinajstić information content (AvgIpc) is 2.55. The van der Waals surface area contributed by atoms with E-state index in [0.29, 0.717) is 5.69 Å². The zero-order valence-corrected chi connectivity index (χ0v) is 11.4. The molecule has 0 atom stereocenters. The Hall–Kier alpha value is -2.89. The molecule has 1 heterocycles. The molecule has 22 heavy (non-hydrogen) atoms. The summed E-state index contributed by atoms with van der Waals surface area (Å²) in [6.07, 6.45) is 1.56. The molecule has 0 saturated heterocycles. The fourth-order valence-electron chi connectivity index (χ4n) is 1.99. The van der Waals surface area contributed by atoms with E-state index in [1.54, 1.807) is 6.20 Å². The second-order valence-corrected chi connectivity index (χ2v) is 4.66. The van der Waals surface area contributed by atoms with E-state index in [4.69, 9.17) is 0 Å². The molecule has 0 fully saturated rings. The smallest absolute Gasteiger partial charge is 0.251 e. The largest absolute Gasteiger partial charge is 0.346 e. The van der Waals surface area contributed by atoms with Crippen LogP contribution in [0.4, 0.5) is 8.78 Å². The SMILES string of the molecule is O=C(NCc1cnc2ccccc2n1)c1ccc(F)c(F)c1. The predicted molar refractivity (Wildman–Crippen MR) is 77.1 cm³/mol. The highest BCUT2D eigenvalue weighted by atomic mass is 19.2. The van der Waals surface area contributed by atoms with Gasteiger partial charge in [-0.15, -0.1) is 0 Å². The standard InChI is InChI=1S/C16H11F2N3O/c17-12-6-5-10(7-13(12)18)16(22)20-9-11-8-19-14-3-1-2-4-15(14)21-11/h1-8H,9H2,(H,20,22). The number of hydrogen-bond acceptors (Lipinski definition) is 3.